The fourth-order valence-corrected chi connectivity index (χ4v) is 3.15. The lowest BCUT2D eigenvalue weighted by Crippen LogP contribution is -2.25. The Morgan fingerprint density at radius 1 is 1.05 bits per heavy atom. The maximum absolute atomic E-state index is 12.1. The van der Waals surface area contributed by atoms with E-state index in [0.29, 0.717) is 11.1 Å². The summed E-state index contributed by atoms with van der Waals surface area (Å²) in [6.07, 6.45) is 0. The highest BCUT2D eigenvalue weighted by Crippen LogP contribution is 2.12. The van der Waals surface area contributed by atoms with Gasteiger partial charge in [0.05, 0.1) is 17.4 Å². The maximum Gasteiger partial charge on any atom is 0.216 e. The van der Waals surface area contributed by atoms with Gasteiger partial charge in [0.1, 0.15) is 0 Å². The van der Waals surface area contributed by atoms with E-state index in [0.717, 1.165) is 11.1 Å². The molecule has 0 fully saturated rings. The van der Waals surface area contributed by atoms with E-state index < -0.39 is 10.0 Å². The molecular formula is C16H16N2O2S. The van der Waals surface area contributed by atoms with Crippen molar-refractivity contribution in [1.82, 2.24) is 4.72 Å². The van der Waals surface area contributed by atoms with E-state index in [2.05, 4.69) is 4.72 Å². The van der Waals surface area contributed by atoms with Gasteiger partial charge in [-0.15, -0.1) is 0 Å². The molecule has 0 radical (unpaired) electrons. The zero-order valence-electron chi connectivity index (χ0n) is 11.7. The first-order valence-corrected chi connectivity index (χ1v) is 8.17. The van der Waals surface area contributed by atoms with E-state index in [4.69, 9.17) is 5.26 Å². The average Bonchev–Trinajstić information content (AvgIpc) is 2.47. The van der Waals surface area contributed by atoms with Crippen LogP contribution in [0.4, 0.5) is 0 Å². The Balaban J connectivity index is 2.10. The number of benzene rings is 2. The van der Waals surface area contributed by atoms with Gasteiger partial charge in [0.2, 0.25) is 10.0 Å². The van der Waals surface area contributed by atoms with Gasteiger partial charge in [0.25, 0.3) is 0 Å². The second-order valence-electron chi connectivity index (χ2n) is 4.78. The van der Waals surface area contributed by atoms with Crippen molar-refractivity contribution in [3.05, 3.63) is 70.8 Å². The van der Waals surface area contributed by atoms with Crippen molar-refractivity contribution in [3.8, 4) is 6.07 Å². The summed E-state index contributed by atoms with van der Waals surface area (Å²) in [4.78, 5) is 0. The molecule has 2 aromatic carbocycles. The van der Waals surface area contributed by atoms with Crippen molar-refractivity contribution in [1.29, 1.82) is 5.26 Å². The minimum atomic E-state index is -3.48. The summed E-state index contributed by atoms with van der Waals surface area (Å²) in [7, 11) is -3.48. The van der Waals surface area contributed by atoms with Crippen LogP contribution in [0.25, 0.3) is 0 Å². The normalized spacial score (nSPS) is 11.0. The van der Waals surface area contributed by atoms with Crippen LogP contribution >= 0.6 is 0 Å². The number of hydrogen-bond acceptors (Lipinski definition) is 3. The third-order valence-corrected chi connectivity index (χ3v) is 4.50. The fourth-order valence-electron chi connectivity index (χ4n) is 2.01. The van der Waals surface area contributed by atoms with E-state index in [9.17, 15) is 8.42 Å². The lowest BCUT2D eigenvalue weighted by Gasteiger charge is -2.09. The molecule has 0 amide bonds. The molecule has 0 spiro atoms. The van der Waals surface area contributed by atoms with Crippen LogP contribution in [0.1, 0.15) is 22.3 Å². The second-order valence-corrected chi connectivity index (χ2v) is 6.58. The molecule has 0 unspecified atom stereocenters. The van der Waals surface area contributed by atoms with Gasteiger partial charge in [0.15, 0.2) is 0 Å². The third-order valence-electron chi connectivity index (χ3n) is 3.23. The standard InChI is InChI=1S/C16H16N2O2S/c1-13-6-2-3-8-15(13)11-18-21(19,20)12-16-9-5-4-7-14(16)10-17/h2-9,18H,11-12H2,1H3. The summed E-state index contributed by atoms with van der Waals surface area (Å²) in [6.45, 7) is 2.19. The first kappa shape index (κ1) is 15.2. The SMILES string of the molecule is Cc1ccccc1CNS(=O)(=O)Cc1ccccc1C#N. The van der Waals surface area contributed by atoms with Gasteiger partial charge in [-0.1, -0.05) is 42.5 Å². The largest absolute Gasteiger partial charge is 0.216 e. The molecule has 0 bridgehead atoms. The fraction of sp³-hybridized carbons (Fsp3) is 0.188. The van der Waals surface area contributed by atoms with Gasteiger partial charge >= 0.3 is 0 Å². The second kappa shape index (κ2) is 6.53. The van der Waals surface area contributed by atoms with Gasteiger partial charge in [0, 0.05) is 6.54 Å². The number of nitrogens with one attached hydrogen (secondary N) is 1. The van der Waals surface area contributed by atoms with E-state index in [1.54, 1.807) is 24.3 Å². The molecule has 1 N–H and O–H groups in total. The molecule has 108 valence electrons. The number of nitriles is 1. The first-order valence-electron chi connectivity index (χ1n) is 6.52. The molecule has 0 aliphatic rings. The van der Waals surface area contributed by atoms with Gasteiger partial charge < -0.3 is 0 Å². The van der Waals surface area contributed by atoms with E-state index in [-0.39, 0.29) is 12.3 Å². The molecule has 0 saturated heterocycles. The third kappa shape index (κ3) is 4.15. The molecule has 5 heteroatoms. The lowest BCUT2D eigenvalue weighted by molar-refractivity contribution is 0.580. The Kier molecular flexibility index (Phi) is 4.73. The summed E-state index contributed by atoms with van der Waals surface area (Å²) < 4.78 is 26.8. The van der Waals surface area contributed by atoms with E-state index in [1.807, 2.05) is 37.3 Å². The smallest absolute Gasteiger partial charge is 0.212 e. The first-order chi connectivity index (χ1) is 10.0. The van der Waals surface area contributed by atoms with Crippen molar-refractivity contribution in [2.45, 2.75) is 19.2 Å². The number of hydrogen-bond donors (Lipinski definition) is 1. The highest BCUT2D eigenvalue weighted by molar-refractivity contribution is 7.88. The molecule has 2 aromatic rings. The Hall–Kier alpha value is -2.16. The average molecular weight is 300 g/mol. The quantitative estimate of drug-likeness (QED) is 0.922. The zero-order chi connectivity index (χ0) is 15.3. The van der Waals surface area contributed by atoms with Crippen LogP contribution in [0, 0.1) is 18.3 Å². The van der Waals surface area contributed by atoms with Crippen LogP contribution in [0.3, 0.4) is 0 Å². The molecule has 0 atom stereocenters. The summed E-state index contributed by atoms with van der Waals surface area (Å²) in [5.41, 5.74) is 2.88. The summed E-state index contributed by atoms with van der Waals surface area (Å²) in [5.74, 6) is -0.192. The van der Waals surface area contributed by atoms with E-state index in [1.165, 1.54) is 0 Å². The Labute approximate surface area is 125 Å². The summed E-state index contributed by atoms with van der Waals surface area (Å²) >= 11 is 0. The van der Waals surface area contributed by atoms with Crippen LogP contribution < -0.4 is 4.72 Å². The molecule has 0 aromatic heterocycles. The van der Waals surface area contributed by atoms with E-state index >= 15 is 0 Å². The van der Waals surface area contributed by atoms with Crippen LogP contribution in [0.15, 0.2) is 48.5 Å². The molecule has 0 aliphatic heterocycles. The van der Waals surface area contributed by atoms with Gasteiger partial charge in [-0.3, -0.25) is 0 Å². The van der Waals surface area contributed by atoms with Crippen molar-refractivity contribution >= 4 is 10.0 Å². The van der Waals surface area contributed by atoms with Crippen molar-refractivity contribution in [2.75, 3.05) is 0 Å². The van der Waals surface area contributed by atoms with Crippen molar-refractivity contribution < 1.29 is 8.42 Å². The van der Waals surface area contributed by atoms with Crippen LogP contribution in [-0.4, -0.2) is 8.42 Å². The maximum atomic E-state index is 12.1. The topological polar surface area (TPSA) is 70.0 Å². The molecule has 0 heterocycles. The predicted molar refractivity (Wildman–Crippen MR) is 81.8 cm³/mol. The minimum absolute atomic E-state index is 0.192. The van der Waals surface area contributed by atoms with Gasteiger partial charge in [-0.2, -0.15) is 5.26 Å². The van der Waals surface area contributed by atoms with Crippen molar-refractivity contribution in [2.24, 2.45) is 0 Å². The molecule has 2 rings (SSSR count). The molecule has 21 heavy (non-hydrogen) atoms. The van der Waals surface area contributed by atoms with Gasteiger partial charge in [-0.05, 0) is 29.7 Å². The Morgan fingerprint density at radius 2 is 1.67 bits per heavy atom. The predicted octanol–water partition coefficient (Wildman–Crippen LogP) is 2.49. The summed E-state index contributed by atoms with van der Waals surface area (Å²) in [6, 6.07) is 16.4. The number of nitrogens with zero attached hydrogens (tertiary/aromatic N) is 1. The van der Waals surface area contributed by atoms with Gasteiger partial charge in [-0.25, -0.2) is 13.1 Å². The number of rotatable bonds is 5. The molecule has 0 saturated carbocycles. The highest BCUT2D eigenvalue weighted by atomic mass is 32.2. The summed E-state index contributed by atoms with van der Waals surface area (Å²) in [5, 5.41) is 8.99. The minimum Gasteiger partial charge on any atom is -0.212 e. The number of aryl methyl sites for hydroxylation is 1. The van der Waals surface area contributed by atoms with Crippen molar-refractivity contribution in [3.63, 3.8) is 0 Å². The van der Waals surface area contributed by atoms with Crippen LogP contribution in [-0.2, 0) is 22.3 Å². The monoisotopic (exact) mass is 300 g/mol. The zero-order valence-corrected chi connectivity index (χ0v) is 12.5. The molecule has 4 nitrogen and oxygen atoms in total. The molecular weight excluding hydrogens is 284 g/mol. The number of sulfonamides is 1. The highest BCUT2D eigenvalue weighted by Gasteiger charge is 2.14. The Morgan fingerprint density at radius 3 is 2.33 bits per heavy atom. The molecule has 0 aliphatic carbocycles. The lowest BCUT2D eigenvalue weighted by atomic mass is 10.1. The van der Waals surface area contributed by atoms with Crippen LogP contribution in [0.5, 0.6) is 0 Å². The Bertz CT molecular complexity index is 777. The van der Waals surface area contributed by atoms with Crippen LogP contribution in [0.2, 0.25) is 0 Å².